The minimum Gasteiger partial charge on any atom is -0.508 e. The number of nitrogens with one attached hydrogen (secondary N) is 2. The third kappa shape index (κ3) is 5.21. The lowest BCUT2D eigenvalue weighted by Crippen LogP contribution is -2.29. The maximum atomic E-state index is 12.0. The van der Waals surface area contributed by atoms with Crippen LogP contribution in [-0.4, -0.2) is 39.4 Å². The molecule has 5 rings (SSSR count). The predicted octanol–water partition coefficient (Wildman–Crippen LogP) is 5.61. The summed E-state index contributed by atoms with van der Waals surface area (Å²) in [5.74, 6) is -0.0767. The smallest absolute Gasteiger partial charge is 0.250 e. The van der Waals surface area contributed by atoms with Crippen molar-refractivity contribution >= 4 is 46.2 Å². The Morgan fingerprint density at radius 2 is 1.87 bits per heavy atom. The van der Waals surface area contributed by atoms with E-state index in [1.165, 1.54) is 7.11 Å². The molecule has 0 unspecified atom stereocenters. The van der Waals surface area contributed by atoms with E-state index in [9.17, 15) is 9.90 Å². The minimum absolute atomic E-state index is 0.0668. The second-order valence-electron chi connectivity index (χ2n) is 9.32. The number of aromatic nitrogens is 2. The highest BCUT2D eigenvalue weighted by molar-refractivity contribution is 7.80. The van der Waals surface area contributed by atoms with Gasteiger partial charge in [0.1, 0.15) is 12.4 Å². The molecular weight excluding hydrogens is 534 g/mol. The van der Waals surface area contributed by atoms with Crippen LogP contribution in [0.2, 0.25) is 5.02 Å². The molecule has 1 fully saturated rings. The van der Waals surface area contributed by atoms with E-state index in [1.54, 1.807) is 30.5 Å². The van der Waals surface area contributed by atoms with Crippen LogP contribution in [-0.2, 0) is 9.53 Å². The van der Waals surface area contributed by atoms with Crippen molar-refractivity contribution in [2.24, 2.45) is 0 Å². The number of phenols is 1. The molecule has 10 heteroatoms. The Kier molecular flexibility index (Phi) is 7.56. The van der Waals surface area contributed by atoms with Crippen molar-refractivity contribution in [2.75, 3.05) is 23.9 Å². The maximum absolute atomic E-state index is 12.0. The van der Waals surface area contributed by atoms with Gasteiger partial charge in [0.25, 0.3) is 0 Å². The Hall–Kier alpha value is -3.92. The van der Waals surface area contributed by atoms with E-state index in [1.807, 2.05) is 41.3 Å². The normalized spacial score (nSPS) is 16.8. The van der Waals surface area contributed by atoms with E-state index in [2.05, 4.69) is 40.1 Å². The van der Waals surface area contributed by atoms with Gasteiger partial charge in [0, 0.05) is 36.1 Å². The summed E-state index contributed by atoms with van der Waals surface area (Å²) in [7, 11) is 1.46. The van der Waals surface area contributed by atoms with Gasteiger partial charge in [-0.25, -0.2) is 0 Å². The molecular formula is C29H28ClN5O3S. The first-order valence-corrected chi connectivity index (χ1v) is 13.1. The highest BCUT2D eigenvalue weighted by atomic mass is 35.5. The number of amides is 1. The predicted molar refractivity (Wildman–Crippen MR) is 157 cm³/mol. The first kappa shape index (κ1) is 26.7. The molecule has 0 bridgehead atoms. The molecule has 2 aromatic heterocycles. The molecule has 3 heterocycles. The van der Waals surface area contributed by atoms with Gasteiger partial charge >= 0.3 is 0 Å². The fraction of sp³-hybridized carbons (Fsp3) is 0.207. The lowest BCUT2D eigenvalue weighted by Gasteiger charge is -2.28. The Bertz CT molecular complexity index is 1520. The standard InChI is InChI=1S/C29H28ClN5O3S/c1-17-14-22(18(2)34(17)19-7-10-21(36)11-8-19)28-27(25-6-4-5-13-31-25)33-29(39)35(28)20-9-12-24(23(30)15-20)32-26(37)16-38-3/h4-15,27-28,36H,16H2,1-3H3,(H,32,37)(H,33,39)/t27-,28+/m1/s1. The van der Waals surface area contributed by atoms with E-state index in [-0.39, 0.29) is 30.3 Å². The number of halogens is 1. The van der Waals surface area contributed by atoms with E-state index in [0.29, 0.717) is 15.8 Å². The van der Waals surface area contributed by atoms with E-state index in [0.717, 1.165) is 34.0 Å². The maximum Gasteiger partial charge on any atom is 0.250 e. The number of anilines is 2. The first-order valence-electron chi connectivity index (χ1n) is 12.4. The Morgan fingerprint density at radius 1 is 1.13 bits per heavy atom. The van der Waals surface area contributed by atoms with Crippen LogP contribution >= 0.6 is 23.8 Å². The van der Waals surface area contributed by atoms with Crippen LogP contribution in [0.5, 0.6) is 5.75 Å². The highest BCUT2D eigenvalue weighted by Crippen LogP contribution is 2.44. The monoisotopic (exact) mass is 561 g/mol. The number of phenolic OH excluding ortho intramolecular Hbond substituents is 1. The van der Waals surface area contributed by atoms with Crippen LogP contribution in [0.25, 0.3) is 5.69 Å². The number of ether oxygens (including phenoxy) is 1. The molecule has 200 valence electrons. The Morgan fingerprint density at radius 3 is 2.54 bits per heavy atom. The summed E-state index contributed by atoms with van der Waals surface area (Å²) < 4.78 is 7.06. The van der Waals surface area contributed by atoms with Crippen LogP contribution in [0.15, 0.2) is 72.9 Å². The van der Waals surface area contributed by atoms with Crippen molar-refractivity contribution in [3.05, 3.63) is 101 Å². The van der Waals surface area contributed by atoms with Crippen molar-refractivity contribution in [1.82, 2.24) is 14.9 Å². The SMILES string of the molecule is COCC(=O)Nc1ccc(N2C(=S)N[C@H](c3ccccn3)[C@@H]2c2cc(C)n(-c3ccc(O)cc3)c2C)cc1Cl. The summed E-state index contributed by atoms with van der Waals surface area (Å²) >= 11 is 12.5. The molecule has 39 heavy (non-hydrogen) atoms. The number of hydrogen-bond acceptors (Lipinski definition) is 5. The Balaban J connectivity index is 1.60. The van der Waals surface area contributed by atoms with E-state index in [4.69, 9.17) is 28.6 Å². The average molecular weight is 562 g/mol. The summed E-state index contributed by atoms with van der Waals surface area (Å²) in [6.45, 7) is 4.06. The van der Waals surface area contributed by atoms with Crippen molar-refractivity contribution in [3.8, 4) is 11.4 Å². The number of pyridine rings is 1. The third-order valence-electron chi connectivity index (χ3n) is 6.78. The minimum atomic E-state index is -0.291. The second-order valence-corrected chi connectivity index (χ2v) is 10.1. The van der Waals surface area contributed by atoms with Crippen molar-refractivity contribution in [1.29, 1.82) is 0 Å². The number of hydrogen-bond donors (Lipinski definition) is 3. The molecule has 2 aromatic carbocycles. The number of aryl methyl sites for hydroxylation is 1. The summed E-state index contributed by atoms with van der Waals surface area (Å²) in [4.78, 5) is 18.7. The van der Waals surface area contributed by atoms with Gasteiger partial charge in [0.15, 0.2) is 5.11 Å². The van der Waals surface area contributed by atoms with Gasteiger partial charge in [-0.2, -0.15) is 0 Å². The molecule has 1 amide bonds. The third-order valence-corrected chi connectivity index (χ3v) is 7.40. The summed E-state index contributed by atoms with van der Waals surface area (Å²) in [6, 6.07) is 20.1. The molecule has 0 spiro atoms. The average Bonchev–Trinajstić information content (AvgIpc) is 3.41. The van der Waals surface area contributed by atoms with Crippen LogP contribution < -0.4 is 15.5 Å². The van der Waals surface area contributed by atoms with Gasteiger partial charge in [-0.15, -0.1) is 0 Å². The topological polar surface area (TPSA) is 91.7 Å². The van der Waals surface area contributed by atoms with Crippen molar-refractivity contribution < 1.29 is 14.6 Å². The van der Waals surface area contributed by atoms with Crippen LogP contribution in [0.4, 0.5) is 11.4 Å². The molecule has 1 saturated heterocycles. The summed E-state index contributed by atoms with van der Waals surface area (Å²) in [5.41, 5.74) is 6.22. The van der Waals surface area contributed by atoms with Gasteiger partial charge in [-0.05, 0) is 92.3 Å². The van der Waals surface area contributed by atoms with Crippen molar-refractivity contribution in [3.63, 3.8) is 0 Å². The quantitative estimate of drug-likeness (QED) is 0.253. The number of carbonyl (C=O) groups excluding carboxylic acids is 1. The number of benzene rings is 2. The van der Waals surface area contributed by atoms with Crippen molar-refractivity contribution in [2.45, 2.75) is 25.9 Å². The second kappa shape index (κ2) is 11.1. The lowest BCUT2D eigenvalue weighted by atomic mass is 9.96. The zero-order valence-electron chi connectivity index (χ0n) is 21.7. The molecule has 8 nitrogen and oxygen atoms in total. The van der Waals surface area contributed by atoms with E-state index < -0.39 is 0 Å². The number of methoxy groups -OCH3 is 1. The van der Waals surface area contributed by atoms with Gasteiger partial charge in [0.05, 0.1) is 28.5 Å². The molecule has 1 aliphatic rings. The fourth-order valence-electron chi connectivity index (χ4n) is 5.11. The largest absolute Gasteiger partial charge is 0.508 e. The van der Waals surface area contributed by atoms with Gasteiger partial charge in [-0.1, -0.05) is 17.7 Å². The van der Waals surface area contributed by atoms with Gasteiger partial charge in [-0.3, -0.25) is 9.78 Å². The molecule has 3 N–H and O–H groups in total. The molecule has 4 aromatic rings. The highest BCUT2D eigenvalue weighted by Gasteiger charge is 2.42. The number of aromatic hydroxyl groups is 1. The van der Waals surface area contributed by atoms with Crippen LogP contribution in [0.3, 0.4) is 0 Å². The van der Waals surface area contributed by atoms with Gasteiger partial charge < -0.3 is 29.9 Å². The molecule has 0 saturated carbocycles. The Labute approximate surface area is 237 Å². The molecule has 0 radical (unpaired) electrons. The zero-order valence-corrected chi connectivity index (χ0v) is 23.3. The summed E-state index contributed by atoms with van der Waals surface area (Å²) in [5, 5.41) is 17.0. The number of rotatable bonds is 7. The van der Waals surface area contributed by atoms with Crippen LogP contribution in [0.1, 0.15) is 34.7 Å². The zero-order chi connectivity index (χ0) is 27.7. The van der Waals surface area contributed by atoms with E-state index >= 15 is 0 Å². The van der Waals surface area contributed by atoms with Crippen LogP contribution in [0, 0.1) is 13.8 Å². The number of nitrogens with zero attached hydrogens (tertiary/aromatic N) is 3. The number of carbonyl (C=O) groups is 1. The first-order chi connectivity index (χ1) is 18.8. The fourth-order valence-corrected chi connectivity index (χ4v) is 5.68. The summed E-state index contributed by atoms with van der Waals surface area (Å²) in [6.07, 6.45) is 1.77. The lowest BCUT2D eigenvalue weighted by molar-refractivity contribution is -0.119. The molecule has 2 atom stereocenters. The number of thiocarbonyl (C=S) groups is 1. The molecule has 1 aliphatic heterocycles. The van der Waals surface area contributed by atoms with Gasteiger partial charge in [0.2, 0.25) is 5.91 Å². The molecule has 0 aliphatic carbocycles.